The number of aromatic nitrogens is 1. The molecule has 0 atom stereocenters. The molecular formula is C29H21N3O5S. The lowest BCUT2D eigenvalue weighted by Gasteiger charge is -2.23. The topological polar surface area (TPSA) is 96.9 Å². The average molecular weight is 524 g/mol. The fourth-order valence-electron chi connectivity index (χ4n) is 5.00. The Morgan fingerprint density at radius 1 is 0.842 bits per heavy atom. The van der Waals surface area contributed by atoms with Crippen LogP contribution in [-0.4, -0.2) is 32.4 Å². The third kappa shape index (κ3) is 3.75. The van der Waals surface area contributed by atoms with Crippen molar-refractivity contribution in [1.29, 1.82) is 0 Å². The minimum Gasteiger partial charge on any atom is -0.465 e. The molecule has 0 saturated heterocycles. The van der Waals surface area contributed by atoms with Gasteiger partial charge in [0.15, 0.2) is 0 Å². The molecule has 8 nitrogen and oxygen atoms in total. The second-order valence-electron chi connectivity index (χ2n) is 8.77. The van der Waals surface area contributed by atoms with Gasteiger partial charge in [-0.1, -0.05) is 48.5 Å². The van der Waals surface area contributed by atoms with Gasteiger partial charge in [-0.15, -0.1) is 0 Å². The SMILES string of the molecule is COC(=O)c1ccc(N(c2cccc3nc(N4C(=O)Cc5ccccc54)ccc23)[SH](=O)=O)c2ccccc12. The number of thiol groups is 1. The van der Waals surface area contributed by atoms with Crippen LogP contribution >= 0.6 is 0 Å². The smallest absolute Gasteiger partial charge is 0.338 e. The molecule has 9 heteroatoms. The van der Waals surface area contributed by atoms with Gasteiger partial charge >= 0.3 is 5.97 Å². The number of methoxy groups -OCH3 is 1. The van der Waals surface area contributed by atoms with Crippen LogP contribution in [0.1, 0.15) is 15.9 Å². The first-order valence-corrected chi connectivity index (χ1v) is 13.0. The van der Waals surface area contributed by atoms with E-state index in [0.717, 1.165) is 11.3 Å². The maximum absolute atomic E-state index is 12.8. The van der Waals surface area contributed by atoms with E-state index in [1.165, 1.54) is 11.4 Å². The fourth-order valence-corrected chi connectivity index (χ4v) is 5.71. The average Bonchev–Trinajstić information content (AvgIpc) is 3.28. The molecule has 0 radical (unpaired) electrons. The van der Waals surface area contributed by atoms with Crippen LogP contribution in [0.5, 0.6) is 0 Å². The normalized spacial score (nSPS) is 12.8. The number of rotatable bonds is 5. The third-order valence-electron chi connectivity index (χ3n) is 6.67. The number of para-hydroxylation sites is 1. The van der Waals surface area contributed by atoms with E-state index in [1.54, 1.807) is 71.6 Å². The van der Waals surface area contributed by atoms with Gasteiger partial charge in [-0.25, -0.2) is 22.5 Å². The van der Waals surface area contributed by atoms with Crippen molar-refractivity contribution in [3.63, 3.8) is 0 Å². The Labute approximate surface area is 219 Å². The number of hydrogen-bond acceptors (Lipinski definition) is 6. The Morgan fingerprint density at radius 2 is 1.58 bits per heavy atom. The number of pyridine rings is 1. The molecule has 1 aromatic heterocycles. The quantitative estimate of drug-likeness (QED) is 0.256. The van der Waals surface area contributed by atoms with Crippen molar-refractivity contribution in [2.45, 2.75) is 6.42 Å². The van der Waals surface area contributed by atoms with Crippen molar-refractivity contribution in [2.75, 3.05) is 16.3 Å². The summed E-state index contributed by atoms with van der Waals surface area (Å²) in [5.41, 5.74) is 3.40. The van der Waals surface area contributed by atoms with Crippen LogP contribution in [0.25, 0.3) is 21.7 Å². The number of fused-ring (bicyclic) bond motifs is 3. The molecule has 6 rings (SSSR count). The van der Waals surface area contributed by atoms with Crippen LogP contribution in [0, 0.1) is 0 Å². The summed E-state index contributed by atoms with van der Waals surface area (Å²) >= 11 is 0. The Bertz CT molecular complexity index is 1840. The molecule has 0 aliphatic carbocycles. The number of nitrogens with zero attached hydrogens (tertiary/aromatic N) is 3. The van der Waals surface area contributed by atoms with Crippen molar-refractivity contribution in [3.05, 3.63) is 102 Å². The molecule has 0 bridgehead atoms. The lowest BCUT2D eigenvalue weighted by molar-refractivity contribution is -0.116. The van der Waals surface area contributed by atoms with Crippen molar-refractivity contribution in [3.8, 4) is 0 Å². The Hall–Kier alpha value is -4.76. The van der Waals surface area contributed by atoms with E-state index in [4.69, 9.17) is 9.72 Å². The van der Waals surface area contributed by atoms with Crippen molar-refractivity contribution in [2.24, 2.45) is 0 Å². The highest BCUT2D eigenvalue weighted by Gasteiger charge is 2.29. The number of carbonyl (C=O) groups is 2. The van der Waals surface area contributed by atoms with E-state index in [2.05, 4.69) is 0 Å². The van der Waals surface area contributed by atoms with Gasteiger partial charge in [0.2, 0.25) is 16.8 Å². The van der Waals surface area contributed by atoms with Crippen LogP contribution in [0.15, 0.2) is 91.0 Å². The molecule has 4 aromatic carbocycles. The molecule has 1 aliphatic rings. The summed E-state index contributed by atoms with van der Waals surface area (Å²) in [7, 11) is -1.82. The lowest BCUT2D eigenvalue weighted by atomic mass is 10.0. The number of carbonyl (C=O) groups excluding carboxylic acids is 2. The van der Waals surface area contributed by atoms with Crippen LogP contribution in [0.4, 0.5) is 22.9 Å². The highest BCUT2D eigenvalue weighted by Crippen LogP contribution is 2.39. The highest BCUT2D eigenvalue weighted by molar-refractivity contribution is 7.74. The number of esters is 1. The predicted octanol–water partition coefficient (Wildman–Crippen LogP) is 5.06. The van der Waals surface area contributed by atoms with Gasteiger partial charge in [-0.05, 0) is 53.4 Å². The lowest BCUT2D eigenvalue weighted by Crippen LogP contribution is -2.22. The number of anilines is 4. The van der Waals surface area contributed by atoms with Gasteiger partial charge in [-0.2, -0.15) is 0 Å². The van der Waals surface area contributed by atoms with Gasteiger partial charge in [0.05, 0.1) is 41.7 Å². The highest BCUT2D eigenvalue weighted by atomic mass is 32.2. The standard InChI is InChI=1S/C29H21N3O5S/c1-37-29(34)21-13-15-26(20-9-4-3-8-19(20)21)32(38(35)36)25-12-6-10-23-22(25)14-16-27(30-23)31-24-11-5-2-7-18(24)17-28(31)33/h2-16,38H,17H2,1H3. The molecule has 38 heavy (non-hydrogen) atoms. The second-order valence-corrected chi connectivity index (χ2v) is 9.64. The predicted molar refractivity (Wildman–Crippen MR) is 147 cm³/mol. The molecule has 1 amide bonds. The molecular weight excluding hydrogens is 502 g/mol. The van der Waals surface area contributed by atoms with E-state index >= 15 is 0 Å². The number of benzene rings is 4. The molecule has 0 saturated carbocycles. The molecule has 188 valence electrons. The first-order chi connectivity index (χ1) is 18.5. The monoisotopic (exact) mass is 523 g/mol. The first-order valence-electron chi connectivity index (χ1n) is 11.8. The Morgan fingerprint density at radius 3 is 2.37 bits per heavy atom. The fraction of sp³-hybridized carbons (Fsp3) is 0.0690. The zero-order chi connectivity index (χ0) is 26.4. The summed E-state index contributed by atoms with van der Waals surface area (Å²) in [4.78, 5) is 31.5. The van der Waals surface area contributed by atoms with E-state index in [9.17, 15) is 18.0 Å². The summed E-state index contributed by atoms with van der Waals surface area (Å²) in [6, 6.07) is 26.5. The van der Waals surface area contributed by atoms with Crippen molar-refractivity contribution in [1.82, 2.24) is 4.98 Å². The van der Waals surface area contributed by atoms with Crippen molar-refractivity contribution >= 4 is 67.3 Å². The third-order valence-corrected chi connectivity index (χ3v) is 7.43. The summed E-state index contributed by atoms with van der Waals surface area (Å²) in [5.74, 6) is -0.114. The maximum Gasteiger partial charge on any atom is 0.338 e. The number of ether oxygens (including phenoxy) is 1. The van der Waals surface area contributed by atoms with Gasteiger partial charge < -0.3 is 4.74 Å². The van der Waals surface area contributed by atoms with Crippen molar-refractivity contribution < 1.29 is 22.7 Å². The number of hydrogen-bond donors (Lipinski definition) is 1. The molecule has 0 spiro atoms. The number of amides is 1. The van der Waals surface area contributed by atoms with Crippen LogP contribution in [0.2, 0.25) is 0 Å². The zero-order valence-electron chi connectivity index (χ0n) is 20.2. The van der Waals surface area contributed by atoms with Crippen LogP contribution < -0.4 is 9.21 Å². The minimum atomic E-state index is -3.12. The molecule has 0 N–H and O–H groups in total. The minimum absolute atomic E-state index is 0.0735. The van der Waals surface area contributed by atoms with Crippen LogP contribution in [-0.2, 0) is 26.8 Å². The maximum atomic E-state index is 12.8. The summed E-state index contributed by atoms with van der Waals surface area (Å²) in [6.07, 6.45) is 0.301. The molecule has 2 heterocycles. The Balaban J connectivity index is 1.51. The van der Waals surface area contributed by atoms with Crippen LogP contribution in [0.3, 0.4) is 0 Å². The second kappa shape index (κ2) is 9.28. The molecule has 1 aliphatic heterocycles. The molecule has 0 fully saturated rings. The van der Waals surface area contributed by atoms with E-state index < -0.39 is 16.9 Å². The summed E-state index contributed by atoms with van der Waals surface area (Å²) < 4.78 is 31.6. The van der Waals surface area contributed by atoms with E-state index in [1.807, 2.05) is 24.3 Å². The van der Waals surface area contributed by atoms with Gasteiger partial charge in [-0.3, -0.25) is 9.69 Å². The van der Waals surface area contributed by atoms with Gasteiger partial charge in [0.25, 0.3) is 0 Å². The van der Waals surface area contributed by atoms with Gasteiger partial charge in [0.1, 0.15) is 5.82 Å². The molecule has 0 unspecified atom stereocenters. The first kappa shape index (κ1) is 23.6. The van der Waals surface area contributed by atoms with Gasteiger partial charge in [0, 0.05) is 10.8 Å². The van der Waals surface area contributed by atoms with E-state index in [0.29, 0.717) is 50.9 Å². The summed E-state index contributed by atoms with van der Waals surface area (Å²) in [6.45, 7) is 0. The van der Waals surface area contributed by atoms with E-state index in [-0.39, 0.29) is 5.91 Å². The summed E-state index contributed by atoms with van der Waals surface area (Å²) in [5, 5.41) is 1.75. The Kier molecular flexibility index (Phi) is 5.77. The zero-order valence-corrected chi connectivity index (χ0v) is 21.1. The molecule has 5 aromatic rings. The largest absolute Gasteiger partial charge is 0.465 e.